The fourth-order valence-electron chi connectivity index (χ4n) is 3.44. The molecular weight excluding hydrogens is 314 g/mol. The molecule has 4 rings (SSSR count). The van der Waals surface area contributed by atoms with Crippen LogP contribution in [-0.4, -0.2) is 40.4 Å². The summed E-state index contributed by atoms with van der Waals surface area (Å²) in [5.74, 6) is 0.752. The summed E-state index contributed by atoms with van der Waals surface area (Å²) in [6.45, 7) is 6.26. The van der Waals surface area contributed by atoms with Crippen LogP contribution in [0.25, 0.3) is 0 Å². The second-order valence-electron chi connectivity index (χ2n) is 6.35. The highest BCUT2D eigenvalue weighted by Crippen LogP contribution is 2.32. The van der Waals surface area contributed by atoms with E-state index in [0.29, 0.717) is 12.1 Å². The summed E-state index contributed by atoms with van der Waals surface area (Å²) in [5.41, 5.74) is 2.38. The van der Waals surface area contributed by atoms with E-state index in [-0.39, 0.29) is 12.1 Å². The molecule has 1 N–H and O–H groups in total. The number of anilines is 2. The number of amides is 1. The lowest BCUT2D eigenvalue weighted by Crippen LogP contribution is -2.43. The average Bonchev–Trinajstić information content (AvgIpc) is 3.19. The minimum absolute atomic E-state index is 0.0112. The molecule has 6 nitrogen and oxygen atoms in total. The number of hydrogen-bond donors (Lipinski definition) is 1. The largest absolute Gasteiger partial charge is 0.361 e. The molecule has 2 aliphatic heterocycles. The smallest absolute Gasteiger partial charge is 0.258 e. The Morgan fingerprint density at radius 2 is 1.92 bits per heavy atom. The first kappa shape index (κ1) is 15.6. The zero-order valence-electron chi connectivity index (χ0n) is 14.1. The molecule has 1 fully saturated rings. The molecule has 6 heteroatoms. The van der Waals surface area contributed by atoms with Crippen molar-refractivity contribution in [2.75, 3.05) is 29.9 Å². The van der Waals surface area contributed by atoms with Crippen molar-refractivity contribution in [1.82, 2.24) is 14.9 Å². The molecule has 0 bridgehead atoms. The van der Waals surface area contributed by atoms with Gasteiger partial charge in [-0.15, -0.1) is 6.58 Å². The second-order valence-corrected chi connectivity index (χ2v) is 6.35. The van der Waals surface area contributed by atoms with Gasteiger partial charge >= 0.3 is 0 Å². The molecule has 1 saturated heterocycles. The highest BCUT2D eigenvalue weighted by molar-refractivity contribution is 6.01. The van der Waals surface area contributed by atoms with Crippen molar-refractivity contribution in [3.05, 3.63) is 60.4 Å². The van der Waals surface area contributed by atoms with Gasteiger partial charge in [0.1, 0.15) is 6.17 Å². The third-order valence-electron chi connectivity index (χ3n) is 4.71. The number of para-hydroxylation sites is 1. The van der Waals surface area contributed by atoms with E-state index >= 15 is 0 Å². The van der Waals surface area contributed by atoms with Gasteiger partial charge in [-0.3, -0.25) is 4.79 Å². The summed E-state index contributed by atoms with van der Waals surface area (Å²) in [6.07, 6.45) is 7.44. The summed E-state index contributed by atoms with van der Waals surface area (Å²) in [4.78, 5) is 25.8. The first-order valence-corrected chi connectivity index (χ1v) is 8.62. The molecule has 1 aromatic carbocycles. The maximum Gasteiger partial charge on any atom is 0.258 e. The molecular formula is C19H21N5O. The van der Waals surface area contributed by atoms with Crippen LogP contribution in [0, 0.1) is 0 Å². The number of nitrogens with zero attached hydrogens (tertiary/aromatic N) is 4. The maximum absolute atomic E-state index is 12.9. The molecule has 0 unspecified atom stereocenters. The van der Waals surface area contributed by atoms with E-state index in [4.69, 9.17) is 0 Å². The zero-order chi connectivity index (χ0) is 17.2. The predicted octanol–water partition coefficient (Wildman–Crippen LogP) is 2.83. The van der Waals surface area contributed by atoms with Crippen LogP contribution in [-0.2, 0) is 0 Å². The van der Waals surface area contributed by atoms with E-state index in [9.17, 15) is 4.79 Å². The Balaban J connectivity index is 1.65. The van der Waals surface area contributed by atoms with E-state index in [1.807, 2.05) is 36.7 Å². The Bertz CT molecular complexity index is 783. The Morgan fingerprint density at radius 1 is 1.20 bits per heavy atom. The number of rotatable bonds is 4. The van der Waals surface area contributed by atoms with Gasteiger partial charge in [0.15, 0.2) is 0 Å². The normalized spacial score (nSPS) is 19.5. The lowest BCUT2D eigenvalue weighted by Gasteiger charge is -2.37. The summed E-state index contributed by atoms with van der Waals surface area (Å²) >= 11 is 0. The van der Waals surface area contributed by atoms with Crippen LogP contribution >= 0.6 is 0 Å². The van der Waals surface area contributed by atoms with Crippen molar-refractivity contribution < 1.29 is 4.79 Å². The predicted molar refractivity (Wildman–Crippen MR) is 97.5 cm³/mol. The number of fused-ring (bicyclic) bond motifs is 1. The minimum Gasteiger partial charge on any atom is -0.361 e. The van der Waals surface area contributed by atoms with Gasteiger partial charge in [-0.25, -0.2) is 9.97 Å². The van der Waals surface area contributed by atoms with E-state index in [1.165, 1.54) is 12.8 Å². The van der Waals surface area contributed by atoms with E-state index in [0.717, 1.165) is 30.3 Å². The maximum atomic E-state index is 12.9. The fourth-order valence-corrected chi connectivity index (χ4v) is 3.44. The Morgan fingerprint density at radius 3 is 2.64 bits per heavy atom. The number of carbonyl (C=O) groups excluding carboxylic acids is 1. The second kappa shape index (κ2) is 6.55. The van der Waals surface area contributed by atoms with Crippen LogP contribution in [0.2, 0.25) is 0 Å². The van der Waals surface area contributed by atoms with Crippen molar-refractivity contribution in [3.8, 4) is 0 Å². The Labute approximate surface area is 147 Å². The van der Waals surface area contributed by atoms with E-state index in [1.54, 1.807) is 11.0 Å². The molecule has 0 aliphatic carbocycles. The number of aromatic nitrogens is 2. The molecule has 3 heterocycles. The van der Waals surface area contributed by atoms with Gasteiger partial charge in [-0.1, -0.05) is 18.2 Å². The third kappa shape index (κ3) is 2.84. The monoisotopic (exact) mass is 335 g/mol. The summed E-state index contributed by atoms with van der Waals surface area (Å²) < 4.78 is 0. The van der Waals surface area contributed by atoms with E-state index in [2.05, 4.69) is 26.8 Å². The molecule has 1 aromatic heterocycles. The van der Waals surface area contributed by atoms with Crippen molar-refractivity contribution in [3.63, 3.8) is 0 Å². The van der Waals surface area contributed by atoms with Gasteiger partial charge in [0.05, 0.1) is 5.56 Å². The lowest BCUT2D eigenvalue weighted by molar-refractivity contribution is 0.0707. The van der Waals surface area contributed by atoms with Crippen LogP contribution in [0.3, 0.4) is 0 Å². The molecule has 1 atom stereocenters. The van der Waals surface area contributed by atoms with E-state index < -0.39 is 0 Å². The van der Waals surface area contributed by atoms with Gasteiger partial charge < -0.3 is 15.1 Å². The number of benzene rings is 1. The number of hydrogen-bond acceptors (Lipinski definition) is 5. The molecule has 2 aliphatic rings. The van der Waals surface area contributed by atoms with Crippen LogP contribution in [0.15, 0.2) is 49.3 Å². The van der Waals surface area contributed by atoms with Crippen LogP contribution in [0.4, 0.5) is 11.6 Å². The standard InChI is InChI=1S/C19H21N5O/c1-2-9-24-17(22-16-8-4-3-7-15(16)18(24)25)14-12-20-19(21-13-14)23-10-5-6-11-23/h2-4,7-8,12-13,17,22H,1,5-6,9-11H2/t17-/m0/s1. The fraction of sp³-hybridized carbons (Fsp3) is 0.316. The van der Waals surface area contributed by atoms with Crippen molar-refractivity contribution >= 4 is 17.5 Å². The topological polar surface area (TPSA) is 61.4 Å². The molecule has 2 aromatic rings. The Kier molecular flexibility index (Phi) is 4.09. The molecule has 1 amide bonds. The van der Waals surface area contributed by atoms with Crippen LogP contribution in [0.1, 0.15) is 34.9 Å². The first-order valence-electron chi connectivity index (χ1n) is 8.62. The summed E-state index contributed by atoms with van der Waals surface area (Å²) in [5, 5.41) is 3.43. The van der Waals surface area contributed by atoms with Crippen LogP contribution in [0.5, 0.6) is 0 Å². The molecule has 25 heavy (non-hydrogen) atoms. The van der Waals surface area contributed by atoms with Gasteiger partial charge in [-0.2, -0.15) is 0 Å². The highest BCUT2D eigenvalue weighted by Gasteiger charge is 2.32. The number of nitrogens with one attached hydrogen (secondary N) is 1. The van der Waals surface area contributed by atoms with Gasteiger partial charge in [0.25, 0.3) is 5.91 Å². The zero-order valence-corrected chi connectivity index (χ0v) is 14.1. The lowest BCUT2D eigenvalue weighted by atomic mass is 10.1. The summed E-state index contributed by atoms with van der Waals surface area (Å²) in [7, 11) is 0. The molecule has 128 valence electrons. The highest BCUT2D eigenvalue weighted by atomic mass is 16.2. The van der Waals surface area contributed by atoms with Gasteiger partial charge in [-0.05, 0) is 25.0 Å². The molecule has 0 spiro atoms. The van der Waals surface area contributed by atoms with Crippen LogP contribution < -0.4 is 10.2 Å². The number of carbonyl (C=O) groups is 1. The molecule has 0 radical (unpaired) electrons. The Hall–Kier alpha value is -2.89. The first-order chi connectivity index (χ1) is 12.3. The third-order valence-corrected chi connectivity index (χ3v) is 4.71. The SMILES string of the molecule is C=CCN1C(=O)c2ccccc2N[C@@H]1c1cnc(N2CCCC2)nc1. The minimum atomic E-state index is -0.298. The quantitative estimate of drug-likeness (QED) is 0.871. The van der Waals surface area contributed by atoms with Crippen molar-refractivity contribution in [1.29, 1.82) is 0 Å². The molecule has 0 saturated carbocycles. The van der Waals surface area contributed by atoms with Crippen molar-refractivity contribution in [2.24, 2.45) is 0 Å². The van der Waals surface area contributed by atoms with Crippen molar-refractivity contribution in [2.45, 2.75) is 19.0 Å². The van der Waals surface area contributed by atoms with Gasteiger partial charge in [0.2, 0.25) is 5.95 Å². The summed E-state index contributed by atoms with van der Waals surface area (Å²) in [6, 6.07) is 7.56. The average molecular weight is 335 g/mol. The van der Waals surface area contributed by atoms with Gasteiger partial charge in [0, 0.05) is 43.3 Å².